The Bertz CT molecular complexity index is 849. The summed E-state index contributed by atoms with van der Waals surface area (Å²) < 4.78 is 0.918. The Labute approximate surface area is 160 Å². The zero-order chi connectivity index (χ0) is 20.1. The first-order valence-electron chi connectivity index (χ1n) is 8.54. The summed E-state index contributed by atoms with van der Waals surface area (Å²) in [4.78, 5) is 39.3. The number of hydrogen-bond acceptors (Lipinski definition) is 6. The van der Waals surface area contributed by atoms with E-state index in [0.29, 0.717) is 5.13 Å². The van der Waals surface area contributed by atoms with Crippen LogP contribution in [0.15, 0.2) is 18.2 Å². The van der Waals surface area contributed by atoms with Crippen molar-refractivity contribution in [3.8, 4) is 0 Å². The van der Waals surface area contributed by atoms with E-state index in [1.807, 2.05) is 39.0 Å². The topological polar surface area (TPSA) is 129 Å². The highest BCUT2D eigenvalue weighted by Crippen LogP contribution is 2.26. The highest BCUT2D eigenvalue weighted by Gasteiger charge is 2.28. The van der Waals surface area contributed by atoms with Gasteiger partial charge in [0.2, 0.25) is 5.91 Å². The van der Waals surface area contributed by atoms with Gasteiger partial charge in [0, 0.05) is 0 Å². The summed E-state index contributed by atoms with van der Waals surface area (Å²) in [6.07, 6.45) is -0.135. The number of rotatable bonds is 9. The first-order valence-corrected chi connectivity index (χ1v) is 9.36. The van der Waals surface area contributed by atoms with Crippen molar-refractivity contribution in [2.75, 3.05) is 5.32 Å². The maximum atomic E-state index is 12.2. The van der Waals surface area contributed by atoms with E-state index >= 15 is 0 Å². The lowest BCUT2D eigenvalue weighted by Crippen LogP contribution is -2.49. The highest BCUT2D eigenvalue weighted by molar-refractivity contribution is 7.22. The molecule has 0 unspecified atom stereocenters. The molecule has 0 aliphatic carbocycles. The first-order chi connectivity index (χ1) is 12.7. The minimum Gasteiger partial charge on any atom is -0.480 e. The molecule has 0 aliphatic rings. The van der Waals surface area contributed by atoms with Gasteiger partial charge in [-0.2, -0.15) is 0 Å². The van der Waals surface area contributed by atoms with Gasteiger partial charge >= 0.3 is 11.9 Å². The smallest absolute Gasteiger partial charge is 0.321 e. The number of hydrogen-bond donors (Lipinski definition) is 4. The maximum Gasteiger partial charge on any atom is 0.321 e. The number of aryl methyl sites for hydroxylation is 1. The zero-order valence-corrected chi connectivity index (χ0v) is 16.2. The van der Waals surface area contributed by atoms with Crippen molar-refractivity contribution in [2.24, 2.45) is 5.92 Å². The number of aromatic nitrogens is 1. The molecule has 9 heteroatoms. The summed E-state index contributed by atoms with van der Waals surface area (Å²) in [6.45, 7) is 5.64. The lowest BCUT2D eigenvalue weighted by atomic mass is 10.0. The number of nitrogens with zero attached hydrogens (tertiary/aromatic N) is 1. The molecule has 1 heterocycles. The van der Waals surface area contributed by atoms with Gasteiger partial charge in [-0.25, -0.2) is 4.98 Å². The van der Waals surface area contributed by atoms with Gasteiger partial charge in [-0.3, -0.25) is 19.7 Å². The van der Waals surface area contributed by atoms with E-state index in [2.05, 4.69) is 15.6 Å². The third-order valence-corrected chi connectivity index (χ3v) is 4.82. The zero-order valence-electron chi connectivity index (χ0n) is 15.4. The van der Waals surface area contributed by atoms with Gasteiger partial charge in [-0.15, -0.1) is 0 Å². The van der Waals surface area contributed by atoms with Crippen LogP contribution in [0.4, 0.5) is 5.13 Å². The van der Waals surface area contributed by atoms with Crippen LogP contribution in [0.25, 0.3) is 10.2 Å². The van der Waals surface area contributed by atoms with E-state index in [4.69, 9.17) is 0 Å². The van der Waals surface area contributed by atoms with Crippen molar-refractivity contribution in [2.45, 2.75) is 45.7 Å². The molecule has 0 fully saturated rings. The number of thiazole rings is 1. The van der Waals surface area contributed by atoms with Crippen LogP contribution in [0.3, 0.4) is 0 Å². The average Bonchev–Trinajstić information content (AvgIpc) is 2.93. The molecule has 2 aromatic rings. The minimum atomic E-state index is -1.30. The second-order valence-corrected chi connectivity index (χ2v) is 7.85. The van der Waals surface area contributed by atoms with Gasteiger partial charge in [0.15, 0.2) is 5.13 Å². The Morgan fingerprint density at radius 3 is 2.41 bits per heavy atom. The molecule has 0 saturated heterocycles. The molecule has 1 aromatic heterocycles. The standard InChI is InChI=1S/C18H23N3O5S/c1-9(2)6-12(16(23)24)19-13(17(25)26)8-15(22)21-18-20-11-5-4-10(3)7-14(11)27-18/h4-5,7,9,12-13,19H,6,8H2,1-3H3,(H,23,24)(H,25,26)(H,20,21,22)/t12-,13-/m0/s1. The molecule has 0 radical (unpaired) electrons. The van der Waals surface area contributed by atoms with Crippen LogP contribution in [-0.4, -0.2) is 45.1 Å². The second-order valence-electron chi connectivity index (χ2n) is 6.82. The van der Waals surface area contributed by atoms with E-state index in [1.54, 1.807) is 0 Å². The molecule has 0 saturated carbocycles. The van der Waals surface area contributed by atoms with Crippen LogP contribution in [0.1, 0.15) is 32.3 Å². The third-order valence-electron chi connectivity index (χ3n) is 3.89. The number of carbonyl (C=O) groups is 3. The normalized spacial score (nSPS) is 13.5. The fraction of sp³-hybridized carbons (Fsp3) is 0.444. The fourth-order valence-corrected chi connectivity index (χ4v) is 3.59. The first kappa shape index (κ1) is 20.8. The molecule has 1 amide bonds. The average molecular weight is 393 g/mol. The number of carboxylic acids is 2. The number of benzene rings is 1. The molecule has 4 N–H and O–H groups in total. The van der Waals surface area contributed by atoms with Crippen molar-refractivity contribution in [1.29, 1.82) is 0 Å². The molecule has 2 rings (SSSR count). The molecule has 0 aliphatic heterocycles. The Morgan fingerprint density at radius 2 is 1.81 bits per heavy atom. The van der Waals surface area contributed by atoms with Crippen LogP contribution in [0, 0.1) is 12.8 Å². The maximum absolute atomic E-state index is 12.2. The van der Waals surface area contributed by atoms with Crippen molar-refractivity contribution >= 4 is 44.5 Å². The molecule has 27 heavy (non-hydrogen) atoms. The predicted molar refractivity (Wildman–Crippen MR) is 103 cm³/mol. The Kier molecular flexibility index (Phi) is 6.86. The molecule has 0 spiro atoms. The van der Waals surface area contributed by atoms with Gasteiger partial charge in [0.25, 0.3) is 0 Å². The fourth-order valence-electron chi connectivity index (χ4n) is 2.61. The SMILES string of the molecule is Cc1ccc2nc(NC(=O)C[C@H](N[C@@H](CC(C)C)C(=O)O)C(=O)O)sc2c1. The van der Waals surface area contributed by atoms with E-state index in [9.17, 15) is 24.6 Å². The second kappa shape index (κ2) is 8.92. The quantitative estimate of drug-likeness (QED) is 0.515. The van der Waals surface area contributed by atoms with Crippen LogP contribution in [0.5, 0.6) is 0 Å². The van der Waals surface area contributed by atoms with Crippen LogP contribution in [0.2, 0.25) is 0 Å². The lowest BCUT2D eigenvalue weighted by Gasteiger charge is -2.21. The lowest BCUT2D eigenvalue weighted by molar-refractivity contribution is -0.144. The molecule has 2 atom stereocenters. The van der Waals surface area contributed by atoms with Crippen LogP contribution < -0.4 is 10.6 Å². The van der Waals surface area contributed by atoms with E-state index in [-0.39, 0.29) is 12.3 Å². The summed E-state index contributed by atoms with van der Waals surface area (Å²) in [5.74, 6) is -2.90. The predicted octanol–water partition coefficient (Wildman–Crippen LogP) is 2.48. The number of aliphatic carboxylic acids is 2. The largest absolute Gasteiger partial charge is 0.480 e. The van der Waals surface area contributed by atoms with Crippen molar-refractivity contribution in [1.82, 2.24) is 10.3 Å². The van der Waals surface area contributed by atoms with Gasteiger partial charge in [-0.1, -0.05) is 31.3 Å². The van der Waals surface area contributed by atoms with Crippen molar-refractivity contribution in [3.05, 3.63) is 23.8 Å². The molecule has 0 bridgehead atoms. The van der Waals surface area contributed by atoms with Crippen LogP contribution in [-0.2, 0) is 14.4 Å². The summed E-state index contributed by atoms with van der Waals surface area (Å²) >= 11 is 1.30. The highest BCUT2D eigenvalue weighted by atomic mass is 32.1. The molecule has 1 aromatic carbocycles. The number of nitrogens with one attached hydrogen (secondary N) is 2. The summed E-state index contributed by atoms with van der Waals surface area (Å²) in [7, 11) is 0. The van der Waals surface area contributed by atoms with Crippen molar-refractivity contribution < 1.29 is 24.6 Å². The number of anilines is 1. The molecule has 146 valence electrons. The third kappa shape index (κ3) is 6.00. The number of carbonyl (C=O) groups excluding carboxylic acids is 1. The summed E-state index contributed by atoms with van der Waals surface area (Å²) in [6, 6.07) is 3.37. The number of carboxylic acid groups (broad SMARTS) is 2. The number of fused-ring (bicyclic) bond motifs is 1. The van der Waals surface area contributed by atoms with Crippen molar-refractivity contribution in [3.63, 3.8) is 0 Å². The summed E-state index contributed by atoms with van der Waals surface area (Å²) in [5.41, 5.74) is 1.82. The van der Waals surface area contributed by atoms with Gasteiger partial charge < -0.3 is 15.5 Å². The molecule has 8 nitrogen and oxygen atoms in total. The van der Waals surface area contributed by atoms with Gasteiger partial charge in [0.1, 0.15) is 12.1 Å². The van der Waals surface area contributed by atoms with Gasteiger partial charge in [-0.05, 0) is 37.0 Å². The Morgan fingerprint density at radius 1 is 1.15 bits per heavy atom. The number of amides is 1. The Hall–Kier alpha value is -2.52. The van der Waals surface area contributed by atoms with E-state index < -0.39 is 36.4 Å². The monoisotopic (exact) mass is 393 g/mol. The Balaban J connectivity index is 2.04. The van der Waals surface area contributed by atoms with Crippen LogP contribution >= 0.6 is 11.3 Å². The minimum absolute atomic E-state index is 0.0630. The molecular weight excluding hydrogens is 370 g/mol. The summed E-state index contributed by atoms with van der Waals surface area (Å²) in [5, 5.41) is 24.1. The molecular formula is C18H23N3O5S. The van der Waals surface area contributed by atoms with E-state index in [0.717, 1.165) is 15.8 Å². The van der Waals surface area contributed by atoms with Gasteiger partial charge in [0.05, 0.1) is 16.6 Å². The van der Waals surface area contributed by atoms with E-state index in [1.165, 1.54) is 11.3 Å².